The number of amides is 1. The lowest BCUT2D eigenvalue weighted by Crippen LogP contribution is -2.23. The monoisotopic (exact) mass is 329 g/mol. The summed E-state index contributed by atoms with van der Waals surface area (Å²) in [6, 6.07) is 17.0. The minimum Gasteiger partial charge on any atom is -0.464 e. The number of benzene rings is 1. The van der Waals surface area contributed by atoms with Crippen molar-refractivity contribution < 1.29 is 9.21 Å². The average molecular weight is 329 g/mol. The lowest BCUT2D eigenvalue weighted by atomic mass is 10.1. The molecule has 0 radical (unpaired) electrons. The highest BCUT2D eigenvalue weighted by molar-refractivity contribution is 5.94. The van der Waals surface area contributed by atoms with Crippen molar-refractivity contribution in [1.82, 2.24) is 15.3 Å². The van der Waals surface area contributed by atoms with E-state index < -0.39 is 0 Å². The maximum Gasteiger partial charge on any atom is 0.270 e. The van der Waals surface area contributed by atoms with Crippen LogP contribution in [0.4, 0.5) is 0 Å². The summed E-state index contributed by atoms with van der Waals surface area (Å²) in [5.41, 5.74) is 2.97. The van der Waals surface area contributed by atoms with Crippen molar-refractivity contribution in [1.29, 1.82) is 0 Å². The number of hydrogen-bond acceptors (Lipinski definition) is 4. The van der Waals surface area contributed by atoms with Gasteiger partial charge in [-0.1, -0.05) is 24.3 Å². The molecule has 0 spiro atoms. The number of hydrogen-bond donors (Lipinski definition) is 1. The molecule has 0 saturated carbocycles. The fourth-order valence-corrected chi connectivity index (χ4v) is 2.63. The van der Waals surface area contributed by atoms with Gasteiger partial charge in [-0.15, -0.1) is 0 Å². The molecule has 122 valence electrons. The summed E-state index contributed by atoms with van der Waals surface area (Å²) in [7, 11) is 0. The van der Waals surface area contributed by atoms with Gasteiger partial charge in [-0.3, -0.25) is 9.78 Å². The quantitative estimate of drug-likeness (QED) is 0.618. The first kappa shape index (κ1) is 15.1. The van der Waals surface area contributed by atoms with E-state index in [1.54, 1.807) is 24.7 Å². The Morgan fingerprint density at radius 2 is 1.96 bits per heavy atom. The van der Waals surface area contributed by atoms with E-state index in [-0.39, 0.29) is 5.91 Å². The summed E-state index contributed by atoms with van der Waals surface area (Å²) in [5.74, 6) is 0.533. The molecule has 3 heterocycles. The van der Waals surface area contributed by atoms with Gasteiger partial charge >= 0.3 is 0 Å². The van der Waals surface area contributed by atoms with Crippen LogP contribution in [-0.2, 0) is 6.54 Å². The summed E-state index contributed by atoms with van der Waals surface area (Å²) >= 11 is 0. The number of furan rings is 1. The molecule has 0 fully saturated rings. The number of carbonyl (C=O) groups is 1. The third kappa shape index (κ3) is 3.26. The minimum atomic E-state index is -0.214. The zero-order valence-corrected chi connectivity index (χ0v) is 13.3. The van der Waals surface area contributed by atoms with E-state index >= 15 is 0 Å². The first-order chi connectivity index (χ1) is 12.3. The Morgan fingerprint density at radius 3 is 2.84 bits per heavy atom. The Morgan fingerprint density at radius 1 is 1.04 bits per heavy atom. The molecule has 4 aromatic rings. The molecule has 3 aromatic heterocycles. The number of fused-ring (bicyclic) bond motifs is 1. The van der Waals surface area contributed by atoms with E-state index in [0.717, 1.165) is 27.8 Å². The smallest absolute Gasteiger partial charge is 0.270 e. The molecule has 1 aromatic carbocycles. The van der Waals surface area contributed by atoms with Crippen LogP contribution in [0, 0.1) is 0 Å². The average Bonchev–Trinajstić information content (AvgIpc) is 3.21. The van der Waals surface area contributed by atoms with E-state index in [0.29, 0.717) is 12.2 Å². The predicted octanol–water partition coefficient (Wildman–Crippen LogP) is 3.82. The van der Waals surface area contributed by atoms with Crippen LogP contribution in [0.1, 0.15) is 16.1 Å². The first-order valence-corrected chi connectivity index (χ1v) is 7.91. The summed E-state index contributed by atoms with van der Waals surface area (Å²) in [6.45, 7) is 0.370. The molecule has 0 unspecified atom stereocenters. The Hall–Kier alpha value is -3.47. The molecule has 0 saturated heterocycles. The molecule has 5 heteroatoms. The van der Waals surface area contributed by atoms with Crippen LogP contribution in [0.15, 0.2) is 77.7 Å². The fraction of sp³-hybridized carbons (Fsp3) is 0.0500. The second kappa shape index (κ2) is 6.57. The van der Waals surface area contributed by atoms with Crippen molar-refractivity contribution in [3.8, 4) is 11.3 Å². The lowest BCUT2D eigenvalue weighted by molar-refractivity contribution is 0.0946. The highest BCUT2D eigenvalue weighted by Crippen LogP contribution is 2.19. The zero-order chi connectivity index (χ0) is 17.1. The van der Waals surface area contributed by atoms with Crippen LogP contribution in [0.2, 0.25) is 0 Å². The van der Waals surface area contributed by atoms with Crippen LogP contribution in [-0.4, -0.2) is 15.9 Å². The SMILES string of the molecule is O=C(NCc1cncc(-c2ccco2)c1)c1ccc2ccccc2n1. The molecular formula is C20H15N3O2. The van der Waals surface area contributed by atoms with Gasteiger partial charge in [0.25, 0.3) is 5.91 Å². The van der Waals surface area contributed by atoms with Crippen LogP contribution >= 0.6 is 0 Å². The first-order valence-electron chi connectivity index (χ1n) is 7.91. The molecule has 0 aliphatic heterocycles. The Bertz CT molecular complexity index is 1030. The Balaban J connectivity index is 1.48. The normalized spacial score (nSPS) is 10.7. The van der Waals surface area contributed by atoms with Gasteiger partial charge in [-0.2, -0.15) is 0 Å². The molecule has 4 rings (SSSR count). The molecule has 5 nitrogen and oxygen atoms in total. The van der Waals surface area contributed by atoms with Crippen LogP contribution in [0.5, 0.6) is 0 Å². The molecule has 1 amide bonds. The van der Waals surface area contributed by atoms with Crippen molar-refractivity contribution in [2.24, 2.45) is 0 Å². The van der Waals surface area contributed by atoms with Crippen molar-refractivity contribution in [3.63, 3.8) is 0 Å². The summed E-state index contributed by atoms with van der Waals surface area (Å²) in [5, 5.41) is 3.89. The molecule has 0 aliphatic rings. The number of nitrogens with one attached hydrogen (secondary N) is 1. The summed E-state index contributed by atoms with van der Waals surface area (Å²) in [6.07, 6.45) is 5.07. The molecule has 0 atom stereocenters. The van der Waals surface area contributed by atoms with E-state index in [2.05, 4.69) is 15.3 Å². The largest absolute Gasteiger partial charge is 0.464 e. The van der Waals surface area contributed by atoms with Gasteiger partial charge in [-0.25, -0.2) is 4.98 Å². The number of carbonyl (C=O) groups excluding carboxylic acids is 1. The highest BCUT2D eigenvalue weighted by atomic mass is 16.3. The maximum atomic E-state index is 12.4. The number of nitrogens with zero attached hydrogens (tertiary/aromatic N) is 2. The topological polar surface area (TPSA) is 68.0 Å². The molecule has 0 bridgehead atoms. The predicted molar refractivity (Wildman–Crippen MR) is 94.9 cm³/mol. The second-order valence-electron chi connectivity index (χ2n) is 5.63. The van der Waals surface area contributed by atoms with Crippen molar-refractivity contribution in [2.45, 2.75) is 6.54 Å². The van der Waals surface area contributed by atoms with E-state index in [1.165, 1.54) is 0 Å². The number of pyridine rings is 2. The summed E-state index contributed by atoms with van der Waals surface area (Å²) in [4.78, 5) is 21.0. The van der Waals surface area contributed by atoms with Gasteiger partial charge in [0.05, 0.1) is 11.8 Å². The molecular weight excluding hydrogens is 314 g/mol. The standard InChI is InChI=1S/C20H15N3O2/c24-20(18-8-7-15-4-1-2-5-17(15)23-18)22-12-14-10-16(13-21-11-14)19-6-3-9-25-19/h1-11,13H,12H2,(H,22,24). The van der Waals surface area contributed by atoms with E-state index in [4.69, 9.17) is 4.42 Å². The Labute approximate surface area is 144 Å². The van der Waals surface area contributed by atoms with Crippen molar-refractivity contribution in [3.05, 3.63) is 84.5 Å². The molecule has 25 heavy (non-hydrogen) atoms. The van der Waals surface area contributed by atoms with E-state index in [1.807, 2.05) is 48.5 Å². The third-order valence-corrected chi connectivity index (χ3v) is 3.88. The van der Waals surface area contributed by atoms with E-state index in [9.17, 15) is 4.79 Å². The summed E-state index contributed by atoms with van der Waals surface area (Å²) < 4.78 is 5.37. The lowest BCUT2D eigenvalue weighted by Gasteiger charge is -2.06. The highest BCUT2D eigenvalue weighted by Gasteiger charge is 2.09. The number of aromatic nitrogens is 2. The van der Waals surface area contributed by atoms with Gasteiger partial charge in [0, 0.05) is 29.9 Å². The van der Waals surface area contributed by atoms with Gasteiger partial charge in [-0.05, 0) is 35.9 Å². The molecule has 0 aliphatic carbocycles. The van der Waals surface area contributed by atoms with Gasteiger partial charge in [0.15, 0.2) is 0 Å². The zero-order valence-electron chi connectivity index (χ0n) is 13.3. The second-order valence-corrected chi connectivity index (χ2v) is 5.63. The van der Waals surface area contributed by atoms with Gasteiger partial charge in [0.2, 0.25) is 0 Å². The third-order valence-electron chi connectivity index (χ3n) is 3.88. The molecule has 1 N–H and O–H groups in total. The van der Waals surface area contributed by atoms with Crippen LogP contribution in [0.25, 0.3) is 22.2 Å². The van der Waals surface area contributed by atoms with Crippen LogP contribution < -0.4 is 5.32 Å². The number of para-hydroxylation sites is 1. The minimum absolute atomic E-state index is 0.214. The fourth-order valence-electron chi connectivity index (χ4n) is 2.63. The number of rotatable bonds is 4. The van der Waals surface area contributed by atoms with Crippen LogP contribution in [0.3, 0.4) is 0 Å². The van der Waals surface area contributed by atoms with Crippen molar-refractivity contribution >= 4 is 16.8 Å². The maximum absolute atomic E-state index is 12.4. The van der Waals surface area contributed by atoms with Gasteiger partial charge in [0.1, 0.15) is 11.5 Å². The van der Waals surface area contributed by atoms with Gasteiger partial charge < -0.3 is 9.73 Å². The van der Waals surface area contributed by atoms with Crippen molar-refractivity contribution in [2.75, 3.05) is 0 Å². The Kier molecular flexibility index (Phi) is 3.96.